The summed E-state index contributed by atoms with van der Waals surface area (Å²) in [5.41, 5.74) is 0.781. The first-order valence-corrected chi connectivity index (χ1v) is 9.60. The van der Waals surface area contributed by atoms with Gasteiger partial charge >= 0.3 is 0 Å². The molecule has 3 atom stereocenters. The van der Waals surface area contributed by atoms with Crippen molar-refractivity contribution < 1.29 is 19.4 Å². The van der Waals surface area contributed by atoms with Crippen LogP contribution in [0.25, 0.3) is 0 Å². The van der Waals surface area contributed by atoms with Gasteiger partial charge in [-0.1, -0.05) is 5.21 Å². The molecule has 0 unspecified atom stereocenters. The fourth-order valence-corrected chi connectivity index (χ4v) is 3.57. The van der Waals surface area contributed by atoms with Crippen LogP contribution in [0.1, 0.15) is 35.4 Å². The van der Waals surface area contributed by atoms with Crippen molar-refractivity contribution in [2.24, 2.45) is 5.92 Å². The van der Waals surface area contributed by atoms with E-state index < -0.39 is 5.91 Å². The zero-order chi connectivity index (χ0) is 20.8. The number of aromatic nitrogens is 4. The van der Waals surface area contributed by atoms with Crippen LogP contribution in [-0.4, -0.2) is 62.7 Å². The van der Waals surface area contributed by atoms with Gasteiger partial charge in [0.2, 0.25) is 5.91 Å². The van der Waals surface area contributed by atoms with Crippen LogP contribution in [0.4, 0.5) is 0 Å². The van der Waals surface area contributed by atoms with E-state index in [4.69, 9.17) is 4.74 Å². The predicted molar refractivity (Wildman–Crippen MR) is 103 cm³/mol. The zero-order valence-corrected chi connectivity index (χ0v) is 16.5. The van der Waals surface area contributed by atoms with Gasteiger partial charge in [-0.3, -0.25) is 14.3 Å². The highest BCUT2D eigenvalue weighted by atomic mass is 16.5. The molecule has 3 rings (SSSR count). The molecular formula is C19H26N6O4. The fourth-order valence-electron chi connectivity index (χ4n) is 3.57. The smallest absolute Gasteiger partial charge is 0.274 e. The van der Waals surface area contributed by atoms with E-state index in [0.717, 1.165) is 5.69 Å². The molecule has 2 aromatic heterocycles. The summed E-state index contributed by atoms with van der Waals surface area (Å²) in [5, 5.41) is 23.5. The number of carbonyl (C=O) groups is 2. The van der Waals surface area contributed by atoms with Crippen LogP contribution in [-0.2, 0) is 16.1 Å². The van der Waals surface area contributed by atoms with Crippen molar-refractivity contribution in [3.05, 3.63) is 35.9 Å². The van der Waals surface area contributed by atoms with Crippen molar-refractivity contribution in [2.45, 2.75) is 44.9 Å². The first kappa shape index (κ1) is 20.7. The lowest BCUT2D eigenvalue weighted by Gasteiger charge is -2.35. The van der Waals surface area contributed by atoms with Crippen molar-refractivity contribution in [3.8, 4) is 5.75 Å². The largest absolute Gasteiger partial charge is 0.505 e. The number of carbonyl (C=O) groups excluding carboxylic acids is 2. The highest BCUT2D eigenvalue weighted by molar-refractivity contribution is 5.95. The number of nitrogens with zero attached hydrogens (tertiary/aromatic N) is 4. The Kier molecular flexibility index (Phi) is 6.76. The number of pyridine rings is 1. The Morgan fingerprint density at radius 2 is 2.21 bits per heavy atom. The number of hydrogen-bond acceptors (Lipinski definition) is 7. The highest BCUT2D eigenvalue weighted by Crippen LogP contribution is 2.27. The molecule has 10 nitrogen and oxygen atoms in total. The van der Waals surface area contributed by atoms with E-state index in [2.05, 4.69) is 25.9 Å². The van der Waals surface area contributed by atoms with Crippen LogP contribution in [0.5, 0.6) is 5.75 Å². The van der Waals surface area contributed by atoms with Crippen LogP contribution in [0, 0.1) is 12.8 Å². The Hall–Kier alpha value is -3.01. The number of aryl methyl sites for hydroxylation is 1. The Labute approximate surface area is 168 Å². The quantitative estimate of drug-likeness (QED) is 0.611. The molecule has 0 radical (unpaired) electrons. The van der Waals surface area contributed by atoms with Gasteiger partial charge in [0.25, 0.3) is 5.91 Å². The average molecular weight is 402 g/mol. The van der Waals surface area contributed by atoms with E-state index in [-0.39, 0.29) is 35.4 Å². The molecule has 0 aliphatic heterocycles. The normalized spacial score (nSPS) is 21.5. The number of rotatable bonds is 7. The molecule has 3 N–H and O–H groups in total. The van der Waals surface area contributed by atoms with Crippen LogP contribution >= 0.6 is 0 Å². The number of ether oxygens (including phenoxy) is 1. The summed E-state index contributed by atoms with van der Waals surface area (Å²) >= 11 is 0. The lowest BCUT2D eigenvalue weighted by atomic mass is 9.83. The topological polar surface area (TPSA) is 131 Å². The first-order valence-electron chi connectivity index (χ1n) is 9.60. The minimum absolute atomic E-state index is 0.0444. The van der Waals surface area contributed by atoms with Crippen molar-refractivity contribution in [2.75, 3.05) is 13.7 Å². The van der Waals surface area contributed by atoms with Gasteiger partial charge in [-0.05, 0) is 38.3 Å². The van der Waals surface area contributed by atoms with Crippen molar-refractivity contribution in [1.29, 1.82) is 0 Å². The summed E-state index contributed by atoms with van der Waals surface area (Å²) in [6.07, 6.45) is 4.83. The van der Waals surface area contributed by atoms with Gasteiger partial charge in [0.05, 0.1) is 24.4 Å². The van der Waals surface area contributed by atoms with Gasteiger partial charge in [0.1, 0.15) is 5.75 Å². The van der Waals surface area contributed by atoms with Crippen molar-refractivity contribution in [1.82, 2.24) is 30.6 Å². The molecule has 0 aromatic carbocycles. The molecule has 0 spiro atoms. The van der Waals surface area contributed by atoms with Gasteiger partial charge < -0.3 is 20.5 Å². The lowest BCUT2D eigenvalue weighted by molar-refractivity contribution is -0.127. The third-order valence-electron chi connectivity index (χ3n) is 5.07. The molecule has 1 saturated carbocycles. The number of nitrogens with one attached hydrogen (secondary N) is 2. The summed E-state index contributed by atoms with van der Waals surface area (Å²) in [5.74, 6) is -0.969. The molecular weight excluding hydrogens is 376 g/mol. The molecule has 1 aliphatic rings. The van der Waals surface area contributed by atoms with Crippen molar-refractivity contribution >= 4 is 11.8 Å². The summed E-state index contributed by atoms with van der Waals surface area (Å²) in [6, 6.07) is 2.60. The maximum absolute atomic E-state index is 12.6. The maximum atomic E-state index is 12.6. The molecule has 1 aliphatic carbocycles. The van der Waals surface area contributed by atoms with Crippen LogP contribution in [0.2, 0.25) is 0 Å². The predicted octanol–water partition coefficient (Wildman–Crippen LogP) is 0.417. The van der Waals surface area contributed by atoms with Crippen LogP contribution in [0.15, 0.2) is 24.5 Å². The Balaban J connectivity index is 1.55. The third kappa shape index (κ3) is 5.29. The Morgan fingerprint density at radius 1 is 1.38 bits per heavy atom. The Bertz CT molecular complexity index is 855. The third-order valence-corrected chi connectivity index (χ3v) is 5.07. The SMILES string of the molecule is CO[C@@H]1CC[C@H](C(=O)NCCn2cc(C)nn2)C[C@H]1NC(=O)c1ncccc1O. The van der Waals surface area contributed by atoms with E-state index in [0.29, 0.717) is 32.4 Å². The molecule has 29 heavy (non-hydrogen) atoms. The molecule has 1 fully saturated rings. The van der Waals surface area contributed by atoms with E-state index in [1.54, 1.807) is 17.9 Å². The van der Waals surface area contributed by atoms with Gasteiger partial charge in [-0.25, -0.2) is 4.98 Å². The number of methoxy groups -OCH3 is 1. The molecule has 10 heteroatoms. The second-order valence-electron chi connectivity index (χ2n) is 7.15. The molecule has 2 aromatic rings. The van der Waals surface area contributed by atoms with Crippen LogP contribution < -0.4 is 10.6 Å². The van der Waals surface area contributed by atoms with Gasteiger partial charge in [0, 0.05) is 32.0 Å². The maximum Gasteiger partial charge on any atom is 0.274 e. The molecule has 2 heterocycles. The molecule has 156 valence electrons. The van der Waals surface area contributed by atoms with Crippen molar-refractivity contribution in [3.63, 3.8) is 0 Å². The fraction of sp³-hybridized carbons (Fsp3) is 0.526. The van der Waals surface area contributed by atoms with E-state index in [1.165, 1.54) is 12.3 Å². The molecule has 0 saturated heterocycles. The summed E-state index contributed by atoms with van der Waals surface area (Å²) in [6.45, 7) is 2.85. The number of hydrogen-bond donors (Lipinski definition) is 3. The second-order valence-corrected chi connectivity index (χ2v) is 7.15. The second kappa shape index (κ2) is 9.46. The van der Waals surface area contributed by atoms with Gasteiger partial charge in [-0.15, -0.1) is 5.10 Å². The molecule has 2 amide bonds. The van der Waals surface area contributed by atoms with E-state index in [9.17, 15) is 14.7 Å². The summed E-state index contributed by atoms with van der Waals surface area (Å²) in [4.78, 5) is 29.0. The lowest BCUT2D eigenvalue weighted by Crippen LogP contribution is -2.50. The minimum Gasteiger partial charge on any atom is -0.505 e. The standard InChI is InChI=1S/C19H26N6O4/c1-12-11-25(24-23-12)9-8-21-18(27)13-5-6-16(29-2)14(10-13)22-19(28)17-15(26)4-3-7-20-17/h3-4,7,11,13-14,16,26H,5-6,8-10H2,1-2H3,(H,21,27)(H,22,28)/t13-,14+,16+/m0/s1. The highest BCUT2D eigenvalue weighted by Gasteiger charge is 2.35. The number of amides is 2. The average Bonchev–Trinajstić information content (AvgIpc) is 3.13. The van der Waals surface area contributed by atoms with Gasteiger partial charge in [-0.2, -0.15) is 0 Å². The molecule has 0 bridgehead atoms. The monoisotopic (exact) mass is 402 g/mol. The zero-order valence-electron chi connectivity index (χ0n) is 16.5. The summed E-state index contributed by atoms with van der Waals surface area (Å²) < 4.78 is 7.17. The minimum atomic E-state index is -0.488. The van der Waals surface area contributed by atoms with Gasteiger partial charge in [0.15, 0.2) is 5.69 Å². The van der Waals surface area contributed by atoms with E-state index in [1.807, 2.05) is 13.1 Å². The number of aromatic hydroxyl groups is 1. The van der Waals surface area contributed by atoms with E-state index >= 15 is 0 Å². The first-order chi connectivity index (χ1) is 14.0. The summed E-state index contributed by atoms with van der Waals surface area (Å²) in [7, 11) is 1.59. The Morgan fingerprint density at radius 3 is 2.90 bits per heavy atom. The van der Waals surface area contributed by atoms with Crippen LogP contribution in [0.3, 0.4) is 0 Å².